The number of carbonyl (C=O) groups is 1. The lowest BCUT2D eigenvalue weighted by atomic mass is 10.1. The van der Waals surface area contributed by atoms with Crippen molar-refractivity contribution >= 4 is 17.4 Å². The fraction of sp³-hybridized carbons (Fsp3) is 0.235. The number of benzene rings is 1. The van der Waals surface area contributed by atoms with E-state index >= 15 is 0 Å². The minimum atomic E-state index is -0.0348. The number of aromatic nitrogens is 3. The standard InChI is InChI=1S/C17H18N4O/c1-11(2)16(22)19-14-6-4-13(5-7-14)15-10-21-9-8-12(3)18-17(21)20-15/h4-11H,1-3H3,(H,19,22). The van der Waals surface area contributed by atoms with E-state index in [9.17, 15) is 4.79 Å². The molecule has 0 fully saturated rings. The van der Waals surface area contributed by atoms with Gasteiger partial charge >= 0.3 is 0 Å². The summed E-state index contributed by atoms with van der Waals surface area (Å²) in [5, 5.41) is 2.88. The first-order valence-electron chi connectivity index (χ1n) is 7.26. The zero-order valence-electron chi connectivity index (χ0n) is 12.9. The summed E-state index contributed by atoms with van der Waals surface area (Å²) in [7, 11) is 0. The van der Waals surface area contributed by atoms with E-state index in [1.165, 1.54) is 0 Å². The molecule has 5 nitrogen and oxygen atoms in total. The summed E-state index contributed by atoms with van der Waals surface area (Å²) < 4.78 is 1.90. The first-order chi connectivity index (χ1) is 10.5. The highest BCUT2D eigenvalue weighted by molar-refractivity contribution is 5.92. The van der Waals surface area contributed by atoms with Crippen molar-refractivity contribution in [2.24, 2.45) is 5.92 Å². The van der Waals surface area contributed by atoms with Crippen LogP contribution in [0.15, 0.2) is 42.7 Å². The second kappa shape index (κ2) is 5.60. The third-order valence-electron chi connectivity index (χ3n) is 3.44. The number of amides is 1. The van der Waals surface area contributed by atoms with Gasteiger partial charge in [-0.2, -0.15) is 0 Å². The van der Waals surface area contributed by atoms with Crippen molar-refractivity contribution in [3.8, 4) is 11.3 Å². The van der Waals surface area contributed by atoms with Crippen LogP contribution in [0.25, 0.3) is 17.0 Å². The zero-order chi connectivity index (χ0) is 15.7. The number of aryl methyl sites for hydroxylation is 1. The highest BCUT2D eigenvalue weighted by Crippen LogP contribution is 2.21. The lowest BCUT2D eigenvalue weighted by Gasteiger charge is -2.07. The van der Waals surface area contributed by atoms with E-state index in [-0.39, 0.29) is 11.8 Å². The van der Waals surface area contributed by atoms with Gasteiger partial charge in [-0.15, -0.1) is 0 Å². The van der Waals surface area contributed by atoms with Gasteiger partial charge in [0, 0.05) is 35.3 Å². The predicted molar refractivity (Wildman–Crippen MR) is 86.6 cm³/mol. The number of fused-ring (bicyclic) bond motifs is 1. The summed E-state index contributed by atoms with van der Waals surface area (Å²) in [5.41, 5.74) is 3.59. The molecule has 0 aliphatic carbocycles. The molecule has 3 aromatic rings. The average molecular weight is 294 g/mol. The van der Waals surface area contributed by atoms with E-state index in [1.807, 2.05) is 67.9 Å². The molecule has 0 bridgehead atoms. The first-order valence-corrected chi connectivity index (χ1v) is 7.26. The molecule has 0 saturated carbocycles. The van der Waals surface area contributed by atoms with Crippen LogP contribution in [0, 0.1) is 12.8 Å². The Balaban J connectivity index is 1.86. The summed E-state index contributed by atoms with van der Waals surface area (Å²) in [6, 6.07) is 9.62. The molecular formula is C17H18N4O. The Labute approximate surface area is 129 Å². The molecule has 22 heavy (non-hydrogen) atoms. The van der Waals surface area contributed by atoms with E-state index in [4.69, 9.17) is 0 Å². The van der Waals surface area contributed by atoms with Gasteiger partial charge in [0.2, 0.25) is 11.7 Å². The van der Waals surface area contributed by atoms with Gasteiger partial charge in [0.15, 0.2) is 0 Å². The van der Waals surface area contributed by atoms with Crippen LogP contribution in [0.2, 0.25) is 0 Å². The molecule has 0 aliphatic heterocycles. The third kappa shape index (κ3) is 2.83. The van der Waals surface area contributed by atoms with Gasteiger partial charge in [-0.1, -0.05) is 26.0 Å². The van der Waals surface area contributed by atoms with Crippen molar-refractivity contribution in [1.82, 2.24) is 14.4 Å². The smallest absolute Gasteiger partial charge is 0.234 e. The fourth-order valence-corrected chi connectivity index (χ4v) is 2.11. The Kier molecular flexibility index (Phi) is 3.63. The van der Waals surface area contributed by atoms with Crippen LogP contribution in [0.4, 0.5) is 5.69 Å². The zero-order valence-corrected chi connectivity index (χ0v) is 12.9. The average Bonchev–Trinajstić information content (AvgIpc) is 2.90. The SMILES string of the molecule is Cc1ccn2cc(-c3ccc(NC(=O)C(C)C)cc3)nc2n1. The number of hydrogen-bond acceptors (Lipinski definition) is 3. The van der Waals surface area contributed by atoms with E-state index in [0.717, 1.165) is 22.6 Å². The van der Waals surface area contributed by atoms with Crippen molar-refractivity contribution in [1.29, 1.82) is 0 Å². The van der Waals surface area contributed by atoms with Crippen LogP contribution in [0.5, 0.6) is 0 Å². The molecule has 0 unspecified atom stereocenters. The number of anilines is 1. The molecule has 3 rings (SSSR count). The topological polar surface area (TPSA) is 59.3 Å². The van der Waals surface area contributed by atoms with Crippen LogP contribution in [0.1, 0.15) is 19.5 Å². The number of carbonyl (C=O) groups excluding carboxylic acids is 1. The second-order valence-electron chi connectivity index (χ2n) is 5.62. The normalized spacial score (nSPS) is 11.1. The molecule has 0 aliphatic rings. The first kappa shape index (κ1) is 14.3. The Morgan fingerprint density at radius 3 is 2.55 bits per heavy atom. The quantitative estimate of drug-likeness (QED) is 0.806. The molecule has 2 aromatic heterocycles. The van der Waals surface area contributed by atoms with Gasteiger partial charge in [0.25, 0.3) is 0 Å². The molecule has 0 spiro atoms. The third-order valence-corrected chi connectivity index (χ3v) is 3.44. The van der Waals surface area contributed by atoms with Gasteiger partial charge in [-0.05, 0) is 25.1 Å². The summed E-state index contributed by atoms with van der Waals surface area (Å²) in [4.78, 5) is 20.6. The highest BCUT2D eigenvalue weighted by atomic mass is 16.1. The lowest BCUT2D eigenvalue weighted by Crippen LogP contribution is -2.17. The summed E-state index contributed by atoms with van der Waals surface area (Å²) in [6.07, 6.45) is 3.90. The summed E-state index contributed by atoms with van der Waals surface area (Å²) in [6.45, 7) is 5.69. The van der Waals surface area contributed by atoms with E-state index in [2.05, 4.69) is 15.3 Å². The largest absolute Gasteiger partial charge is 0.326 e. The van der Waals surface area contributed by atoms with Crippen LogP contribution >= 0.6 is 0 Å². The number of imidazole rings is 1. The van der Waals surface area contributed by atoms with Crippen molar-refractivity contribution in [3.63, 3.8) is 0 Å². The minimum Gasteiger partial charge on any atom is -0.326 e. The number of nitrogens with one attached hydrogen (secondary N) is 1. The lowest BCUT2D eigenvalue weighted by molar-refractivity contribution is -0.118. The molecule has 0 radical (unpaired) electrons. The van der Waals surface area contributed by atoms with Gasteiger partial charge < -0.3 is 5.32 Å². The van der Waals surface area contributed by atoms with Crippen molar-refractivity contribution in [2.45, 2.75) is 20.8 Å². The fourth-order valence-electron chi connectivity index (χ4n) is 2.11. The van der Waals surface area contributed by atoms with Crippen LogP contribution in [-0.4, -0.2) is 20.3 Å². The van der Waals surface area contributed by atoms with Gasteiger partial charge in [0.1, 0.15) is 0 Å². The Hall–Kier alpha value is -2.69. The van der Waals surface area contributed by atoms with Gasteiger partial charge in [0.05, 0.1) is 5.69 Å². The van der Waals surface area contributed by atoms with Crippen LogP contribution < -0.4 is 5.32 Å². The molecule has 1 amide bonds. The molecule has 112 valence electrons. The maximum atomic E-state index is 11.7. The minimum absolute atomic E-state index is 0.0140. The van der Waals surface area contributed by atoms with Crippen molar-refractivity contribution in [3.05, 3.63) is 48.4 Å². The van der Waals surface area contributed by atoms with E-state index in [1.54, 1.807) is 0 Å². The van der Waals surface area contributed by atoms with E-state index < -0.39 is 0 Å². The molecule has 2 heterocycles. The van der Waals surface area contributed by atoms with Crippen LogP contribution in [0.3, 0.4) is 0 Å². The summed E-state index contributed by atoms with van der Waals surface area (Å²) >= 11 is 0. The van der Waals surface area contributed by atoms with Crippen LogP contribution in [-0.2, 0) is 4.79 Å². The number of hydrogen-bond donors (Lipinski definition) is 1. The Bertz CT molecular complexity index is 818. The summed E-state index contributed by atoms with van der Waals surface area (Å²) in [5.74, 6) is 0.666. The van der Waals surface area contributed by atoms with E-state index in [0.29, 0.717) is 5.78 Å². The molecule has 0 saturated heterocycles. The molecular weight excluding hydrogens is 276 g/mol. The molecule has 1 N–H and O–H groups in total. The highest BCUT2D eigenvalue weighted by Gasteiger charge is 2.08. The van der Waals surface area contributed by atoms with Crippen molar-refractivity contribution in [2.75, 3.05) is 5.32 Å². The number of rotatable bonds is 3. The Morgan fingerprint density at radius 1 is 1.14 bits per heavy atom. The predicted octanol–water partition coefficient (Wildman–Crippen LogP) is 3.30. The maximum absolute atomic E-state index is 11.7. The monoisotopic (exact) mass is 294 g/mol. The molecule has 5 heteroatoms. The van der Waals surface area contributed by atoms with Crippen molar-refractivity contribution < 1.29 is 4.79 Å². The number of nitrogens with zero attached hydrogens (tertiary/aromatic N) is 3. The maximum Gasteiger partial charge on any atom is 0.234 e. The molecule has 0 atom stereocenters. The van der Waals surface area contributed by atoms with Gasteiger partial charge in [-0.25, -0.2) is 9.97 Å². The van der Waals surface area contributed by atoms with Gasteiger partial charge in [-0.3, -0.25) is 9.20 Å². The second-order valence-corrected chi connectivity index (χ2v) is 5.62. The Morgan fingerprint density at radius 2 is 1.86 bits per heavy atom. The molecule has 1 aromatic carbocycles.